The Kier molecular flexibility index (Phi) is 7.34. The standard InChI is InChI=1S/C27H35N5O2/c1-27(2,3)23-18-25(32(30-23)22-13-9-6-10-14-22)29-26(33)28-24-17-21(19-31(24)15-16-34-4)20-11-7-5-8-12-20/h5-14,18,21,24H,15-17,19H2,1-4H3,(H2,28,29,33)/t21-,24+/m0/s1. The Morgan fingerprint density at radius 3 is 2.41 bits per heavy atom. The van der Waals surface area contributed by atoms with Crippen molar-refractivity contribution >= 4 is 11.8 Å². The van der Waals surface area contributed by atoms with E-state index in [-0.39, 0.29) is 17.6 Å². The molecule has 2 amide bonds. The van der Waals surface area contributed by atoms with Gasteiger partial charge in [0.05, 0.1) is 24.2 Å². The first kappa shape index (κ1) is 24.0. The molecule has 180 valence electrons. The average Bonchev–Trinajstić information content (AvgIpc) is 3.43. The van der Waals surface area contributed by atoms with E-state index in [2.05, 4.69) is 60.6 Å². The summed E-state index contributed by atoms with van der Waals surface area (Å²) in [6, 6.07) is 22.1. The van der Waals surface area contributed by atoms with E-state index in [9.17, 15) is 4.79 Å². The molecule has 7 nitrogen and oxygen atoms in total. The molecule has 2 aromatic carbocycles. The second-order valence-corrected chi connectivity index (χ2v) is 9.86. The summed E-state index contributed by atoms with van der Waals surface area (Å²) >= 11 is 0. The normalized spacial score (nSPS) is 18.7. The second kappa shape index (κ2) is 10.4. The van der Waals surface area contributed by atoms with Crippen molar-refractivity contribution in [2.75, 3.05) is 32.1 Å². The third kappa shape index (κ3) is 5.66. The van der Waals surface area contributed by atoms with Gasteiger partial charge in [-0.2, -0.15) is 5.10 Å². The van der Waals surface area contributed by atoms with Crippen molar-refractivity contribution in [2.45, 2.75) is 44.7 Å². The van der Waals surface area contributed by atoms with Crippen LogP contribution in [0.2, 0.25) is 0 Å². The SMILES string of the molecule is COCCN1C[C@@H](c2ccccc2)C[C@@H]1NC(=O)Nc1cc(C(C)(C)C)nn1-c1ccccc1. The summed E-state index contributed by atoms with van der Waals surface area (Å²) in [6.07, 6.45) is 0.780. The number of hydrogen-bond acceptors (Lipinski definition) is 4. The predicted octanol–water partition coefficient (Wildman–Crippen LogP) is 4.75. The molecule has 7 heteroatoms. The molecule has 4 rings (SSSR count). The Labute approximate surface area is 202 Å². The van der Waals surface area contributed by atoms with Gasteiger partial charge >= 0.3 is 6.03 Å². The maximum atomic E-state index is 13.2. The number of ether oxygens (including phenoxy) is 1. The largest absolute Gasteiger partial charge is 0.383 e. The molecular weight excluding hydrogens is 426 g/mol. The minimum atomic E-state index is -0.237. The van der Waals surface area contributed by atoms with Crippen LogP contribution in [0.4, 0.5) is 10.6 Å². The maximum absolute atomic E-state index is 13.2. The molecule has 0 bridgehead atoms. The highest BCUT2D eigenvalue weighted by Gasteiger charge is 2.34. The monoisotopic (exact) mass is 461 g/mol. The number of likely N-dealkylation sites (tertiary alicyclic amines) is 1. The van der Waals surface area contributed by atoms with E-state index in [1.165, 1.54) is 5.56 Å². The highest BCUT2D eigenvalue weighted by molar-refractivity contribution is 5.89. The summed E-state index contributed by atoms with van der Waals surface area (Å²) in [5.41, 5.74) is 2.98. The first-order valence-corrected chi connectivity index (χ1v) is 11.9. The summed E-state index contributed by atoms with van der Waals surface area (Å²) in [7, 11) is 1.71. The fourth-order valence-electron chi connectivity index (χ4n) is 4.38. The lowest BCUT2D eigenvalue weighted by atomic mass is 9.92. The van der Waals surface area contributed by atoms with E-state index in [0.29, 0.717) is 18.3 Å². The Morgan fingerprint density at radius 1 is 1.09 bits per heavy atom. The molecule has 2 atom stereocenters. The first-order chi connectivity index (χ1) is 16.3. The maximum Gasteiger partial charge on any atom is 0.321 e. The van der Waals surface area contributed by atoms with Crippen molar-refractivity contribution in [3.05, 3.63) is 78.0 Å². The number of nitrogens with zero attached hydrogens (tertiary/aromatic N) is 3. The van der Waals surface area contributed by atoms with Crippen LogP contribution in [-0.4, -0.2) is 53.7 Å². The van der Waals surface area contributed by atoms with E-state index in [1.807, 2.05) is 42.5 Å². The molecule has 1 aliphatic heterocycles. The zero-order valence-corrected chi connectivity index (χ0v) is 20.5. The third-order valence-corrected chi connectivity index (χ3v) is 6.27. The van der Waals surface area contributed by atoms with Crippen LogP contribution in [0.1, 0.15) is 44.4 Å². The third-order valence-electron chi connectivity index (χ3n) is 6.27. The Morgan fingerprint density at radius 2 is 1.76 bits per heavy atom. The quantitative estimate of drug-likeness (QED) is 0.533. The van der Waals surface area contributed by atoms with Crippen LogP contribution in [0.5, 0.6) is 0 Å². The summed E-state index contributed by atoms with van der Waals surface area (Å²) in [6.45, 7) is 8.62. The molecule has 34 heavy (non-hydrogen) atoms. The number of rotatable bonds is 7. The van der Waals surface area contributed by atoms with E-state index in [0.717, 1.165) is 30.9 Å². The van der Waals surface area contributed by atoms with E-state index in [4.69, 9.17) is 9.84 Å². The number of carbonyl (C=O) groups excluding carboxylic acids is 1. The summed E-state index contributed by atoms with van der Waals surface area (Å²) < 4.78 is 7.11. The molecule has 1 fully saturated rings. The number of amides is 2. The molecule has 0 spiro atoms. The van der Waals surface area contributed by atoms with Gasteiger partial charge in [0.1, 0.15) is 5.82 Å². The zero-order valence-electron chi connectivity index (χ0n) is 20.5. The molecule has 1 saturated heterocycles. The minimum Gasteiger partial charge on any atom is -0.383 e. The number of benzene rings is 2. The number of methoxy groups -OCH3 is 1. The highest BCUT2D eigenvalue weighted by Crippen LogP contribution is 2.31. The zero-order chi connectivity index (χ0) is 24.1. The Bertz CT molecular complexity index is 1080. The van der Waals surface area contributed by atoms with Crippen LogP contribution in [-0.2, 0) is 10.2 Å². The molecule has 0 saturated carbocycles. The lowest BCUT2D eigenvalue weighted by Gasteiger charge is -2.25. The van der Waals surface area contributed by atoms with Gasteiger partial charge in [-0.15, -0.1) is 0 Å². The van der Waals surface area contributed by atoms with Crippen molar-refractivity contribution < 1.29 is 9.53 Å². The highest BCUT2D eigenvalue weighted by atomic mass is 16.5. The topological polar surface area (TPSA) is 71.4 Å². The number of para-hydroxylation sites is 1. The first-order valence-electron chi connectivity index (χ1n) is 11.9. The van der Waals surface area contributed by atoms with Gasteiger partial charge in [0.15, 0.2) is 0 Å². The van der Waals surface area contributed by atoms with Crippen LogP contribution in [0, 0.1) is 0 Å². The van der Waals surface area contributed by atoms with Crippen molar-refractivity contribution in [3.8, 4) is 5.69 Å². The predicted molar refractivity (Wildman–Crippen MR) is 135 cm³/mol. The van der Waals surface area contributed by atoms with E-state index >= 15 is 0 Å². The van der Waals surface area contributed by atoms with Gasteiger partial charge in [-0.3, -0.25) is 10.2 Å². The molecule has 1 aromatic heterocycles. The summed E-state index contributed by atoms with van der Waals surface area (Å²) in [5.74, 6) is 1.01. The number of nitrogens with one attached hydrogen (secondary N) is 2. The van der Waals surface area contributed by atoms with E-state index < -0.39 is 0 Å². The number of aromatic nitrogens is 2. The molecule has 0 radical (unpaired) electrons. The summed E-state index contributed by atoms with van der Waals surface area (Å²) in [5, 5.41) is 11.0. The van der Waals surface area contributed by atoms with Crippen LogP contribution >= 0.6 is 0 Å². The number of hydrogen-bond donors (Lipinski definition) is 2. The summed E-state index contributed by atoms with van der Waals surface area (Å²) in [4.78, 5) is 15.4. The van der Waals surface area contributed by atoms with Crippen molar-refractivity contribution in [1.82, 2.24) is 20.0 Å². The van der Waals surface area contributed by atoms with Crippen LogP contribution in [0.15, 0.2) is 66.7 Å². The smallest absolute Gasteiger partial charge is 0.321 e. The molecule has 0 aliphatic carbocycles. The van der Waals surface area contributed by atoms with E-state index in [1.54, 1.807) is 11.8 Å². The molecule has 0 unspecified atom stereocenters. The van der Waals surface area contributed by atoms with Crippen LogP contribution in [0.3, 0.4) is 0 Å². The molecule has 2 N–H and O–H groups in total. The lowest BCUT2D eigenvalue weighted by Crippen LogP contribution is -2.47. The molecular formula is C27H35N5O2. The number of urea groups is 1. The van der Waals surface area contributed by atoms with Crippen LogP contribution < -0.4 is 10.6 Å². The van der Waals surface area contributed by atoms with Crippen molar-refractivity contribution in [1.29, 1.82) is 0 Å². The number of anilines is 1. The van der Waals surface area contributed by atoms with Gasteiger partial charge in [0, 0.05) is 31.7 Å². The number of carbonyl (C=O) groups is 1. The van der Waals surface area contributed by atoms with Crippen LogP contribution in [0.25, 0.3) is 5.69 Å². The van der Waals surface area contributed by atoms with Gasteiger partial charge in [0.2, 0.25) is 0 Å². The molecule has 1 aliphatic rings. The van der Waals surface area contributed by atoms with Gasteiger partial charge in [0.25, 0.3) is 0 Å². The Hall–Kier alpha value is -3.16. The van der Waals surface area contributed by atoms with Gasteiger partial charge in [-0.1, -0.05) is 69.3 Å². The lowest BCUT2D eigenvalue weighted by molar-refractivity contribution is 0.133. The second-order valence-electron chi connectivity index (χ2n) is 9.86. The van der Waals surface area contributed by atoms with Crippen molar-refractivity contribution in [2.24, 2.45) is 0 Å². The van der Waals surface area contributed by atoms with Crippen molar-refractivity contribution in [3.63, 3.8) is 0 Å². The van der Waals surface area contributed by atoms with Gasteiger partial charge < -0.3 is 10.1 Å². The average molecular weight is 462 g/mol. The van der Waals surface area contributed by atoms with Gasteiger partial charge in [-0.25, -0.2) is 9.48 Å². The molecule has 3 aromatic rings. The Balaban J connectivity index is 1.51. The fraction of sp³-hybridized carbons (Fsp3) is 0.407. The van der Waals surface area contributed by atoms with Gasteiger partial charge in [-0.05, 0) is 30.0 Å². The molecule has 2 heterocycles. The minimum absolute atomic E-state index is 0.0736. The fourth-order valence-corrected chi connectivity index (χ4v) is 4.38.